The highest BCUT2D eigenvalue weighted by atomic mass is 32.2. The van der Waals surface area contributed by atoms with E-state index in [2.05, 4.69) is 4.98 Å². The molecule has 2 aromatic rings. The van der Waals surface area contributed by atoms with Crippen molar-refractivity contribution in [3.05, 3.63) is 70.7 Å². The fourth-order valence-electron chi connectivity index (χ4n) is 3.97. The first-order chi connectivity index (χ1) is 14.8. The van der Waals surface area contributed by atoms with Crippen LogP contribution in [0.15, 0.2) is 53.9 Å². The summed E-state index contributed by atoms with van der Waals surface area (Å²) in [5.74, 6) is -0.268. The maximum atomic E-state index is 13.5. The maximum Gasteiger partial charge on any atom is 0.343 e. The van der Waals surface area contributed by atoms with Gasteiger partial charge in [0.1, 0.15) is 12.7 Å². The van der Waals surface area contributed by atoms with Crippen molar-refractivity contribution >= 4 is 27.5 Å². The van der Waals surface area contributed by atoms with Gasteiger partial charge >= 0.3 is 6.03 Å². The van der Waals surface area contributed by atoms with Gasteiger partial charge in [-0.1, -0.05) is 12.1 Å². The summed E-state index contributed by atoms with van der Waals surface area (Å²) in [4.78, 5) is 31.4. The average Bonchev–Trinajstić information content (AvgIpc) is 3.13. The van der Waals surface area contributed by atoms with E-state index >= 15 is 0 Å². The summed E-state index contributed by atoms with van der Waals surface area (Å²) in [5, 5.41) is 9.05. The number of amides is 2. The fraction of sp³-hybridized carbons (Fsp3) is 0.238. The number of urea groups is 1. The Morgan fingerprint density at radius 2 is 1.90 bits per heavy atom. The van der Waals surface area contributed by atoms with Gasteiger partial charge in [0.2, 0.25) is 10.0 Å². The number of alkyl halides is 1. The number of pyridine rings is 1. The van der Waals surface area contributed by atoms with Crippen LogP contribution < -0.4 is 4.90 Å². The summed E-state index contributed by atoms with van der Waals surface area (Å²) in [7, 11) is -4.11. The first-order valence-electron chi connectivity index (χ1n) is 9.37. The van der Waals surface area contributed by atoms with Gasteiger partial charge in [-0.3, -0.25) is 14.7 Å². The largest absolute Gasteiger partial charge is 0.343 e. The lowest BCUT2D eigenvalue weighted by molar-refractivity contribution is -0.115. The van der Waals surface area contributed by atoms with E-state index in [1.807, 2.05) is 6.07 Å². The van der Waals surface area contributed by atoms with Crippen molar-refractivity contribution in [2.45, 2.75) is 25.6 Å². The van der Waals surface area contributed by atoms with Gasteiger partial charge in [-0.25, -0.2) is 21.9 Å². The molecule has 0 N–H and O–H groups in total. The van der Waals surface area contributed by atoms with E-state index in [0.717, 1.165) is 11.2 Å². The van der Waals surface area contributed by atoms with Crippen LogP contribution in [0.2, 0.25) is 0 Å². The third-order valence-electron chi connectivity index (χ3n) is 5.27. The molecule has 0 radical (unpaired) electrons. The van der Waals surface area contributed by atoms with E-state index in [-0.39, 0.29) is 35.6 Å². The lowest BCUT2D eigenvalue weighted by Crippen LogP contribution is -2.52. The molecule has 1 atom stereocenters. The minimum absolute atomic E-state index is 0.0805. The Balaban J connectivity index is 1.97. The zero-order valence-corrected chi connectivity index (χ0v) is 17.3. The second-order valence-corrected chi connectivity index (χ2v) is 9.10. The molecule has 0 saturated heterocycles. The average molecular weight is 440 g/mol. The van der Waals surface area contributed by atoms with Crippen LogP contribution in [-0.2, 0) is 21.5 Å². The second kappa shape index (κ2) is 7.59. The van der Waals surface area contributed by atoms with E-state index in [1.54, 1.807) is 0 Å². The van der Waals surface area contributed by atoms with E-state index < -0.39 is 28.8 Å². The number of Topliss-reactive ketones (excluding diaryl/α,β-unsaturated/α-hetero) is 1. The Bertz CT molecular complexity index is 1270. The number of halogens is 1. The minimum atomic E-state index is -4.11. The van der Waals surface area contributed by atoms with E-state index in [9.17, 15) is 22.4 Å². The predicted molar refractivity (Wildman–Crippen MR) is 109 cm³/mol. The number of anilines is 1. The predicted octanol–water partition coefficient (Wildman–Crippen LogP) is 2.98. The summed E-state index contributed by atoms with van der Waals surface area (Å²) in [5.41, 5.74) is 1.67. The van der Waals surface area contributed by atoms with Crippen LogP contribution >= 0.6 is 0 Å². The third-order valence-corrected chi connectivity index (χ3v) is 6.35. The Morgan fingerprint density at radius 1 is 1.19 bits per heavy atom. The molecule has 1 unspecified atom stereocenters. The number of ketones is 1. The van der Waals surface area contributed by atoms with Gasteiger partial charge in [0.05, 0.1) is 29.3 Å². The van der Waals surface area contributed by atoms with Crippen molar-refractivity contribution in [2.75, 3.05) is 11.2 Å². The maximum absolute atomic E-state index is 13.5. The summed E-state index contributed by atoms with van der Waals surface area (Å²) in [6, 6.07) is 8.88. The van der Waals surface area contributed by atoms with Crippen LogP contribution in [0.1, 0.15) is 35.7 Å². The van der Waals surface area contributed by atoms with E-state index in [1.165, 1.54) is 42.6 Å². The summed E-state index contributed by atoms with van der Waals surface area (Å²) in [6.45, 7) is -0.857. The molecule has 8 nitrogen and oxygen atoms in total. The summed E-state index contributed by atoms with van der Waals surface area (Å²) in [6.07, 6.45) is 2.59. The molecule has 2 heterocycles. The number of nitrogens with zero attached hydrogens (tertiary/aromatic N) is 4. The zero-order chi connectivity index (χ0) is 22.3. The molecule has 31 heavy (non-hydrogen) atoms. The van der Waals surface area contributed by atoms with Gasteiger partial charge < -0.3 is 0 Å². The zero-order valence-electron chi connectivity index (χ0n) is 16.4. The molecular weight excluding hydrogens is 423 g/mol. The van der Waals surface area contributed by atoms with Crippen molar-refractivity contribution in [2.24, 2.45) is 0 Å². The SMILES string of the molecule is CS(=O)(=O)N1C(=O)N(c2ccnc(CF)c2)C2=C(C(=O)CC2)C1c1ccc(C#N)cc1. The van der Waals surface area contributed by atoms with Crippen molar-refractivity contribution in [1.82, 2.24) is 9.29 Å². The lowest BCUT2D eigenvalue weighted by Gasteiger charge is -2.40. The van der Waals surface area contributed by atoms with Gasteiger partial charge in [-0.2, -0.15) is 5.26 Å². The Morgan fingerprint density at radius 3 is 2.52 bits per heavy atom. The van der Waals surface area contributed by atoms with Gasteiger partial charge in [0, 0.05) is 23.9 Å². The standard InChI is InChI=1S/C21H17FN4O4S/c1-31(29,30)26-20(14-4-2-13(12-23)3-5-14)19-17(6-7-18(19)27)25(21(26)28)16-8-9-24-15(10-16)11-22/h2-5,8-10,20H,6-7,11H2,1H3. The quantitative estimate of drug-likeness (QED) is 0.723. The van der Waals surface area contributed by atoms with Crippen LogP contribution in [0.4, 0.5) is 14.9 Å². The molecule has 4 rings (SSSR count). The van der Waals surface area contributed by atoms with E-state index in [4.69, 9.17) is 5.26 Å². The third kappa shape index (κ3) is 3.47. The first kappa shape index (κ1) is 20.7. The first-order valence-corrected chi connectivity index (χ1v) is 11.2. The van der Waals surface area contributed by atoms with Crippen LogP contribution in [0, 0.1) is 11.3 Å². The molecule has 10 heteroatoms. The number of hydrogen-bond acceptors (Lipinski definition) is 6. The Hall–Kier alpha value is -3.58. The molecule has 0 spiro atoms. The molecule has 2 aliphatic rings. The number of rotatable bonds is 4. The minimum Gasteiger partial charge on any atom is -0.294 e. The van der Waals surface area contributed by atoms with Crippen LogP contribution in [-0.4, -0.2) is 35.8 Å². The normalized spacial score (nSPS) is 18.9. The van der Waals surface area contributed by atoms with Crippen molar-refractivity contribution in [1.29, 1.82) is 5.26 Å². The van der Waals surface area contributed by atoms with Gasteiger partial charge in [0.25, 0.3) is 0 Å². The van der Waals surface area contributed by atoms with Crippen LogP contribution in [0.25, 0.3) is 0 Å². The smallest absolute Gasteiger partial charge is 0.294 e. The van der Waals surface area contributed by atoms with Crippen molar-refractivity contribution in [3.63, 3.8) is 0 Å². The molecular formula is C21H17FN4O4S. The van der Waals surface area contributed by atoms with Crippen molar-refractivity contribution in [3.8, 4) is 6.07 Å². The number of carbonyl (C=O) groups is 2. The highest BCUT2D eigenvalue weighted by molar-refractivity contribution is 7.88. The second-order valence-electron chi connectivity index (χ2n) is 7.24. The number of hydrogen-bond donors (Lipinski definition) is 0. The number of carbonyl (C=O) groups excluding carboxylic acids is 2. The van der Waals surface area contributed by atoms with Gasteiger partial charge in [0.15, 0.2) is 5.78 Å². The molecule has 2 amide bonds. The van der Waals surface area contributed by atoms with Gasteiger partial charge in [-0.05, 0) is 36.2 Å². The summed E-state index contributed by atoms with van der Waals surface area (Å²) >= 11 is 0. The topological polar surface area (TPSA) is 111 Å². The van der Waals surface area contributed by atoms with Crippen LogP contribution in [0.5, 0.6) is 0 Å². The highest BCUT2D eigenvalue weighted by Crippen LogP contribution is 2.45. The number of allylic oxidation sites excluding steroid dienone is 1. The lowest BCUT2D eigenvalue weighted by atomic mass is 9.94. The Labute approximate surface area is 178 Å². The Kier molecular flexibility index (Phi) is 5.07. The highest BCUT2D eigenvalue weighted by Gasteiger charge is 2.49. The van der Waals surface area contributed by atoms with Gasteiger partial charge in [-0.15, -0.1) is 0 Å². The van der Waals surface area contributed by atoms with Crippen LogP contribution in [0.3, 0.4) is 0 Å². The molecule has 1 aromatic heterocycles. The number of nitriles is 1. The molecule has 0 fully saturated rings. The molecule has 1 aliphatic heterocycles. The number of sulfonamides is 1. The molecule has 0 bridgehead atoms. The molecule has 1 aromatic carbocycles. The molecule has 1 aliphatic carbocycles. The number of benzene rings is 1. The fourth-order valence-corrected chi connectivity index (χ4v) is 4.94. The molecule has 0 saturated carbocycles. The number of aromatic nitrogens is 1. The van der Waals surface area contributed by atoms with E-state index in [0.29, 0.717) is 21.1 Å². The van der Waals surface area contributed by atoms with Crippen molar-refractivity contribution < 1.29 is 22.4 Å². The molecule has 158 valence electrons. The monoisotopic (exact) mass is 440 g/mol. The summed E-state index contributed by atoms with van der Waals surface area (Å²) < 4.78 is 39.3.